The van der Waals surface area contributed by atoms with Gasteiger partial charge >= 0.3 is 5.97 Å². The van der Waals surface area contributed by atoms with Gasteiger partial charge in [0.05, 0.1) is 25.4 Å². The molecule has 6 heteroatoms. The van der Waals surface area contributed by atoms with Crippen LogP contribution >= 0.6 is 0 Å². The van der Waals surface area contributed by atoms with Crippen LogP contribution in [0.25, 0.3) is 0 Å². The Hall–Kier alpha value is -2.18. The zero-order chi connectivity index (χ0) is 61.3. The zero-order valence-electron chi connectivity index (χ0n) is 57.4. The molecule has 0 radical (unpaired) electrons. The van der Waals surface area contributed by atoms with Crippen molar-refractivity contribution in [1.82, 2.24) is 5.32 Å². The average Bonchev–Trinajstić information content (AvgIpc) is 3.51. The zero-order valence-corrected chi connectivity index (χ0v) is 57.4. The number of rotatable bonds is 72. The minimum atomic E-state index is -0.843. The van der Waals surface area contributed by atoms with Crippen LogP contribution in [0.5, 0.6) is 0 Å². The van der Waals surface area contributed by atoms with E-state index >= 15 is 0 Å². The first-order chi connectivity index (χ1) is 42.0. The van der Waals surface area contributed by atoms with E-state index in [-0.39, 0.29) is 18.5 Å². The van der Waals surface area contributed by atoms with Crippen LogP contribution in [-0.4, -0.2) is 47.4 Å². The number of aliphatic hydroxyl groups is 2. The second kappa shape index (κ2) is 74.3. The number of carbonyl (C=O) groups is 2. The molecule has 3 N–H and O–H groups in total. The Labute approximate surface area is 531 Å². The van der Waals surface area contributed by atoms with Gasteiger partial charge in [0.15, 0.2) is 0 Å². The molecular weight excluding hydrogens is 1040 g/mol. The van der Waals surface area contributed by atoms with Gasteiger partial charge in [-0.3, -0.25) is 9.59 Å². The molecule has 0 bridgehead atoms. The molecule has 0 aromatic carbocycles. The highest BCUT2D eigenvalue weighted by Gasteiger charge is 2.18. The van der Waals surface area contributed by atoms with E-state index in [1.54, 1.807) is 6.08 Å². The number of hydrogen-bond acceptors (Lipinski definition) is 5. The van der Waals surface area contributed by atoms with Gasteiger partial charge in [0.2, 0.25) is 5.91 Å². The molecule has 0 spiro atoms. The van der Waals surface area contributed by atoms with Gasteiger partial charge in [-0.05, 0) is 89.9 Å². The lowest BCUT2D eigenvalue weighted by Gasteiger charge is -2.20. The lowest BCUT2D eigenvalue weighted by Crippen LogP contribution is -2.45. The van der Waals surface area contributed by atoms with Gasteiger partial charge in [0.1, 0.15) is 0 Å². The van der Waals surface area contributed by atoms with E-state index < -0.39 is 12.1 Å². The summed E-state index contributed by atoms with van der Waals surface area (Å²) in [4.78, 5) is 24.6. The van der Waals surface area contributed by atoms with Crippen molar-refractivity contribution in [3.05, 3.63) is 48.6 Å². The first-order valence-electron chi connectivity index (χ1n) is 38.4. The largest absolute Gasteiger partial charge is 0.466 e. The van der Waals surface area contributed by atoms with E-state index in [1.165, 1.54) is 347 Å². The summed E-state index contributed by atoms with van der Waals surface area (Å²) < 4.78 is 5.51. The standard InChI is InChI=1S/C79H149NO5/c1-3-5-7-9-11-13-15-17-19-20-38-42-45-49-53-57-61-65-69-73-79(84)85-74-70-66-62-58-54-50-46-43-40-37-35-33-31-29-27-25-23-21-22-24-26-28-30-32-34-36-39-41-44-48-52-56-60-64-68-72-78(83)80-76(75-81)77(82)71-67-63-59-55-51-47-18-16-14-12-10-8-6-4-2/h17,19,23,25,29,31,67,71,76-77,81-82H,3-16,18,20-22,24,26-28,30,32-66,68-70,72-75H2,1-2H3,(H,80,83)/b19-17-,25-23-,31-29-,71-67+. The van der Waals surface area contributed by atoms with Crippen LogP contribution in [-0.2, 0) is 14.3 Å². The smallest absolute Gasteiger partial charge is 0.305 e. The van der Waals surface area contributed by atoms with Crippen LogP contribution in [0.15, 0.2) is 48.6 Å². The van der Waals surface area contributed by atoms with Crippen LogP contribution in [0.2, 0.25) is 0 Å². The second-order valence-corrected chi connectivity index (χ2v) is 26.3. The first kappa shape index (κ1) is 82.8. The summed E-state index contributed by atoms with van der Waals surface area (Å²) in [5.74, 6) is -0.0474. The molecule has 2 atom stereocenters. The Morgan fingerprint density at radius 3 is 0.906 bits per heavy atom. The molecule has 0 fully saturated rings. The number of amides is 1. The normalized spacial score (nSPS) is 12.8. The van der Waals surface area contributed by atoms with E-state index in [2.05, 4.69) is 55.6 Å². The van der Waals surface area contributed by atoms with Crippen molar-refractivity contribution in [3.63, 3.8) is 0 Å². The highest BCUT2D eigenvalue weighted by Crippen LogP contribution is 2.19. The van der Waals surface area contributed by atoms with E-state index in [1.807, 2.05) is 6.08 Å². The Bertz CT molecular complexity index is 1420. The summed E-state index contributed by atoms with van der Waals surface area (Å²) in [6.45, 7) is 4.93. The third kappa shape index (κ3) is 70.8. The maximum absolute atomic E-state index is 12.5. The molecule has 0 heterocycles. The van der Waals surface area contributed by atoms with E-state index in [9.17, 15) is 19.8 Å². The molecule has 2 unspecified atom stereocenters. The van der Waals surface area contributed by atoms with Crippen molar-refractivity contribution in [2.45, 2.75) is 431 Å². The van der Waals surface area contributed by atoms with Gasteiger partial charge in [-0.15, -0.1) is 0 Å². The van der Waals surface area contributed by atoms with Gasteiger partial charge in [-0.2, -0.15) is 0 Å². The summed E-state index contributed by atoms with van der Waals surface area (Å²) >= 11 is 0. The topological polar surface area (TPSA) is 95.9 Å². The predicted octanol–water partition coefficient (Wildman–Crippen LogP) is 25.2. The molecule has 0 rings (SSSR count). The number of allylic oxidation sites excluding steroid dienone is 7. The molecule has 0 aromatic heterocycles. The Morgan fingerprint density at radius 2 is 0.588 bits per heavy atom. The molecule has 0 aliphatic heterocycles. The maximum Gasteiger partial charge on any atom is 0.305 e. The van der Waals surface area contributed by atoms with Crippen LogP contribution in [0.4, 0.5) is 0 Å². The molecule has 6 nitrogen and oxygen atoms in total. The van der Waals surface area contributed by atoms with Crippen molar-refractivity contribution < 1.29 is 24.5 Å². The molecule has 0 saturated carbocycles. The highest BCUT2D eigenvalue weighted by atomic mass is 16.5. The lowest BCUT2D eigenvalue weighted by molar-refractivity contribution is -0.143. The summed E-state index contributed by atoms with van der Waals surface area (Å²) in [5.41, 5.74) is 0. The fourth-order valence-corrected chi connectivity index (χ4v) is 12.0. The second-order valence-electron chi connectivity index (χ2n) is 26.3. The Kier molecular flexibility index (Phi) is 72.4. The number of nitrogens with one attached hydrogen (secondary N) is 1. The van der Waals surface area contributed by atoms with Crippen molar-refractivity contribution in [1.29, 1.82) is 0 Å². The number of esters is 1. The molecular formula is C79H149NO5. The molecule has 0 aromatic rings. The van der Waals surface area contributed by atoms with Crippen LogP contribution in [0, 0.1) is 0 Å². The van der Waals surface area contributed by atoms with Crippen LogP contribution in [0.3, 0.4) is 0 Å². The molecule has 0 aliphatic carbocycles. The number of unbranched alkanes of at least 4 members (excludes halogenated alkanes) is 55. The molecule has 0 aliphatic rings. The van der Waals surface area contributed by atoms with Gasteiger partial charge in [0, 0.05) is 12.8 Å². The van der Waals surface area contributed by atoms with Gasteiger partial charge in [-0.25, -0.2) is 0 Å². The van der Waals surface area contributed by atoms with Gasteiger partial charge in [0.25, 0.3) is 0 Å². The maximum atomic E-state index is 12.5. The average molecular weight is 1190 g/mol. The fraction of sp³-hybridized carbons (Fsp3) is 0.873. The van der Waals surface area contributed by atoms with Crippen LogP contribution < -0.4 is 5.32 Å². The summed E-state index contributed by atoms with van der Waals surface area (Å²) in [6, 6.07) is -0.626. The quantitative estimate of drug-likeness (QED) is 0.0320. The van der Waals surface area contributed by atoms with E-state index in [0.717, 1.165) is 44.9 Å². The van der Waals surface area contributed by atoms with Gasteiger partial charge < -0.3 is 20.3 Å². The lowest BCUT2D eigenvalue weighted by atomic mass is 10.0. The first-order valence-corrected chi connectivity index (χ1v) is 38.4. The summed E-state index contributed by atoms with van der Waals surface area (Å²) in [7, 11) is 0. The SMILES string of the molecule is CCCCCCCC/C=C\CCCCCCCCCCCC(=O)OCCCCCCCCCCCCC/C=C\C/C=C\CCCCCCCCCCCCCCCCCCCC(=O)NC(CO)C(O)/C=C/CCCCCCCCCCCCCC. The third-order valence-corrected chi connectivity index (χ3v) is 17.8. The van der Waals surface area contributed by atoms with Crippen molar-refractivity contribution in [2.75, 3.05) is 13.2 Å². The fourth-order valence-electron chi connectivity index (χ4n) is 12.0. The minimum absolute atomic E-state index is 0.0165. The van der Waals surface area contributed by atoms with Crippen LogP contribution in [0.1, 0.15) is 418 Å². The summed E-state index contributed by atoms with van der Waals surface area (Å²) in [6.07, 6.45) is 98.0. The number of hydrogen-bond donors (Lipinski definition) is 3. The predicted molar refractivity (Wildman–Crippen MR) is 375 cm³/mol. The number of aliphatic hydroxyl groups excluding tert-OH is 2. The number of carbonyl (C=O) groups excluding carboxylic acids is 2. The van der Waals surface area contributed by atoms with E-state index in [4.69, 9.17) is 4.74 Å². The minimum Gasteiger partial charge on any atom is -0.466 e. The third-order valence-electron chi connectivity index (χ3n) is 17.8. The highest BCUT2D eigenvalue weighted by molar-refractivity contribution is 5.76. The monoisotopic (exact) mass is 1190 g/mol. The molecule has 85 heavy (non-hydrogen) atoms. The molecule has 0 saturated heterocycles. The number of ether oxygens (including phenoxy) is 1. The summed E-state index contributed by atoms with van der Waals surface area (Å²) in [5, 5.41) is 23.2. The van der Waals surface area contributed by atoms with Gasteiger partial charge in [-0.1, -0.05) is 364 Å². The Morgan fingerprint density at radius 1 is 0.329 bits per heavy atom. The van der Waals surface area contributed by atoms with Crippen molar-refractivity contribution >= 4 is 11.9 Å². The van der Waals surface area contributed by atoms with Crippen molar-refractivity contribution in [3.8, 4) is 0 Å². The molecule has 500 valence electrons. The molecule has 1 amide bonds. The van der Waals surface area contributed by atoms with E-state index in [0.29, 0.717) is 19.4 Å². The van der Waals surface area contributed by atoms with Crippen molar-refractivity contribution in [2.24, 2.45) is 0 Å². The Balaban J connectivity index is 3.37.